The highest BCUT2D eigenvalue weighted by atomic mass is 15.1. The second-order valence-electron chi connectivity index (χ2n) is 4.57. The van der Waals surface area contributed by atoms with Crippen molar-refractivity contribution in [1.29, 1.82) is 0 Å². The molecule has 4 heteroatoms. The van der Waals surface area contributed by atoms with Gasteiger partial charge in [-0.15, -0.1) is 0 Å². The summed E-state index contributed by atoms with van der Waals surface area (Å²) in [7, 11) is 0. The largest absolute Gasteiger partial charge is 0.331 e. The van der Waals surface area contributed by atoms with E-state index in [0.29, 0.717) is 0 Å². The van der Waals surface area contributed by atoms with Crippen LogP contribution < -0.4 is 5.73 Å². The molecule has 4 nitrogen and oxygen atoms in total. The Labute approximate surface area is 101 Å². The third kappa shape index (κ3) is 1.74. The van der Waals surface area contributed by atoms with Gasteiger partial charge in [0.1, 0.15) is 11.5 Å². The molecule has 1 unspecified atom stereocenters. The van der Waals surface area contributed by atoms with Crippen LogP contribution in [0, 0.1) is 6.92 Å². The van der Waals surface area contributed by atoms with Gasteiger partial charge >= 0.3 is 0 Å². The maximum atomic E-state index is 6.04. The molecule has 1 atom stereocenters. The molecule has 0 fully saturated rings. The number of pyridine rings is 1. The quantitative estimate of drug-likeness (QED) is 0.805. The van der Waals surface area contributed by atoms with Crippen LogP contribution in [0.15, 0.2) is 24.4 Å². The predicted octanol–water partition coefficient (Wildman–Crippen LogP) is 1.53. The summed E-state index contributed by atoms with van der Waals surface area (Å²) in [5.74, 6) is 1.06. The van der Waals surface area contributed by atoms with Gasteiger partial charge in [-0.1, -0.05) is 6.07 Å². The summed E-state index contributed by atoms with van der Waals surface area (Å²) in [6, 6.07) is 6.17. The van der Waals surface area contributed by atoms with Crippen molar-refractivity contribution in [2.45, 2.75) is 32.4 Å². The van der Waals surface area contributed by atoms with Gasteiger partial charge in [0.05, 0.1) is 5.69 Å². The van der Waals surface area contributed by atoms with Crippen molar-refractivity contribution in [2.24, 2.45) is 5.73 Å². The first-order valence-electron chi connectivity index (χ1n) is 5.98. The summed E-state index contributed by atoms with van der Waals surface area (Å²) in [5.41, 5.74) is 9.22. The van der Waals surface area contributed by atoms with E-state index >= 15 is 0 Å². The molecule has 17 heavy (non-hydrogen) atoms. The summed E-state index contributed by atoms with van der Waals surface area (Å²) in [5, 5.41) is 0. The minimum absolute atomic E-state index is 0.251. The number of fused-ring (bicyclic) bond motifs is 1. The third-order valence-electron chi connectivity index (χ3n) is 3.35. The first-order chi connectivity index (χ1) is 8.25. The zero-order chi connectivity index (χ0) is 11.8. The number of rotatable bonds is 1. The fourth-order valence-electron chi connectivity index (χ4n) is 2.47. The first-order valence-corrected chi connectivity index (χ1v) is 5.98. The summed E-state index contributed by atoms with van der Waals surface area (Å²) >= 11 is 0. The average Bonchev–Trinajstić information content (AvgIpc) is 2.67. The Bertz CT molecular complexity index is 530. The van der Waals surface area contributed by atoms with Crippen molar-refractivity contribution in [3.63, 3.8) is 0 Å². The molecule has 0 saturated heterocycles. The lowest BCUT2D eigenvalue weighted by atomic mass is 10.0. The van der Waals surface area contributed by atoms with E-state index in [4.69, 9.17) is 5.73 Å². The lowest BCUT2D eigenvalue weighted by molar-refractivity contribution is 0.465. The lowest BCUT2D eigenvalue weighted by Crippen LogP contribution is -2.31. The molecule has 3 heterocycles. The minimum atomic E-state index is 0.251. The molecule has 2 N–H and O–H groups in total. The number of nitrogens with zero attached hydrogens (tertiary/aromatic N) is 3. The Morgan fingerprint density at radius 2 is 2.29 bits per heavy atom. The normalized spacial score (nSPS) is 19.1. The van der Waals surface area contributed by atoms with Crippen LogP contribution in [0.3, 0.4) is 0 Å². The molecule has 0 spiro atoms. The zero-order valence-electron chi connectivity index (χ0n) is 9.93. The first kappa shape index (κ1) is 10.5. The minimum Gasteiger partial charge on any atom is -0.331 e. The third-order valence-corrected chi connectivity index (χ3v) is 3.35. The second kappa shape index (κ2) is 3.96. The van der Waals surface area contributed by atoms with Crippen LogP contribution in [0.5, 0.6) is 0 Å². The number of hydrogen-bond donors (Lipinski definition) is 1. The van der Waals surface area contributed by atoms with Gasteiger partial charge in [-0.05, 0) is 25.5 Å². The Balaban J connectivity index is 2.13. The van der Waals surface area contributed by atoms with Crippen molar-refractivity contribution in [1.82, 2.24) is 14.5 Å². The van der Waals surface area contributed by atoms with E-state index in [2.05, 4.69) is 14.5 Å². The molecule has 0 saturated carbocycles. The number of hydrogen-bond acceptors (Lipinski definition) is 3. The highest BCUT2D eigenvalue weighted by molar-refractivity contribution is 5.58. The van der Waals surface area contributed by atoms with Crippen LogP contribution in [0.2, 0.25) is 0 Å². The predicted molar refractivity (Wildman–Crippen MR) is 66.5 cm³/mol. The van der Waals surface area contributed by atoms with Crippen LogP contribution in [0.25, 0.3) is 11.4 Å². The van der Waals surface area contributed by atoms with E-state index < -0.39 is 0 Å². The van der Waals surface area contributed by atoms with Crippen LogP contribution in [0.4, 0.5) is 0 Å². The van der Waals surface area contributed by atoms with Gasteiger partial charge < -0.3 is 10.3 Å². The Kier molecular flexibility index (Phi) is 2.44. The molecule has 1 aliphatic heterocycles. The van der Waals surface area contributed by atoms with Crippen molar-refractivity contribution >= 4 is 0 Å². The molecular formula is C13H16N4. The van der Waals surface area contributed by atoms with Gasteiger partial charge in [-0.3, -0.25) is 4.98 Å². The van der Waals surface area contributed by atoms with Crippen LogP contribution in [0.1, 0.15) is 17.9 Å². The maximum Gasteiger partial charge on any atom is 0.110 e. The standard InChI is InChI=1S/C13H16N4/c1-9-16-13(11-4-2-3-6-15-11)12-8-10(14)5-7-17(9)12/h2-4,6,10H,5,7-8,14H2,1H3. The topological polar surface area (TPSA) is 56.7 Å². The zero-order valence-corrected chi connectivity index (χ0v) is 9.93. The van der Waals surface area contributed by atoms with Crippen molar-refractivity contribution in [3.05, 3.63) is 35.9 Å². The van der Waals surface area contributed by atoms with E-state index in [9.17, 15) is 0 Å². The summed E-state index contributed by atoms with van der Waals surface area (Å²) < 4.78 is 2.27. The van der Waals surface area contributed by atoms with Crippen LogP contribution in [-0.4, -0.2) is 20.6 Å². The number of nitrogens with two attached hydrogens (primary N) is 1. The van der Waals surface area contributed by atoms with Gasteiger partial charge in [-0.25, -0.2) is 4.98 Å². The highest BCUT2D eigenvalue weighted by Gasteiger charge is 2.23. The molecule has 3 rings (SSSR count). The van der Waals surface area contributed by atoms with Crippen LogP contribution >= 0.6 is 0 Å². The van der Waals surface area contributed by atoms with E-state index in [0.717, 1.165) is 36.6 Å². The fraction of sp³-hybridized carbons (Fsp3) is 0.385. The molecule has 0 amide bonds. The SMILES string of the molecule is Cc1nc(-c2ccccn2)c2n1CCC(N)C2. The molecule has 2 aromatic heterocycles. The monoisotopic (exact) mass is 228 g/mol. The Morgan fingerprint density at radius 3 is 3.06 bits per heavy atom. The summed E-state index contributed by atoms with van der Waals surface area (Å²) in [6.45, 7) is 3.02. The smallest absolute Gasteiger partial charge is 0.110 e. The summed E-state index contributed by atoms with van der Waals surface area (Å²) in [4.78, 5) is 9.02. The van der Waals surface area contributed by atoms with Gasteiger partial charge in [0.25, 0.3) is 0 Å². The number of imidazole rings is 1. The van der Waals surface area contributed by atoms with E-state index in [1.54, 1.807) is 6.20 Å². The maximum absolute atomic E-state index is 6.04. The number of aryl methyl sites for hydroxylation is 1. The van der Waals surface area contributed by atoms with E-state index in [1.165, 1.54) is 5.69 Å². The fourth-order valence-corrected chi connectivity index (χ4v) is 2.47. The molecular weight excluding hydrogens is 212 g/mol. The molecule has 0 radical (unpaired) electrons. The second-order valence-corrected chi connectivity index (χ2v) is 4.57. The van der Waals surface area contributed by atoms with E-state index in [1.807, 2.05) is 25.1 Å². The molecule has 88 valence electrons. The number of aromatic nitrogens is 3. The molecule has 1 aliphatic rings. The Morgan fingerprint density at radius 1 is 1.41 bits per heavy atom. The van der Waals surface area contributed by atoms with Gasteiger partial charge in [-0.2, -0.15) is 0 Å². The summed E-state index contributed by atoms with van der Waals surface area (Å²) in [6.07, 6.45) is 3.73. The Hall–Kier alpha value is -1.68. The van der Waals surface area contributed by atoms with Gasteiger partial charge in [0.2, 0.25) is 0 Å². The highest BCUT2D eigenvalue weighted by Crippen LogP contribution is 2.26. The van der Waals surface area contributed by atoms with Crippen molar-refractivity contribution in [3.8, 4) is 11.4 Å². The molecule has 0 bridgehead atoms. The lowest BCUT2D eigenvalue weighted by Gasteiger charge is -2.22. The average molecular weight is 228 g/mol. The molecule has 0 aromatic carbocycles. The van der Waals surface area contributed by atoms with Gasteiger partial charge in [0, 0.05) is 30.9 Å². The van der Waals surface area contributed by atoms with Crippen molar-refractivity contribution < 1.29 is 0 Å². The van der Waals surface area contributed by atoms with Crippen LogP contribution in [-0.2, 0) is 13.0 Å². The molecule has 2 aromatic rings. The van der Waals surface area contributed by atoms with Gasteiger partial charge in [0.15, 0.2) is 0 Å². The van der Waals surface area contributed by atoms with Crippen molar-refractivity contribution in [2.75, 3.05) is 0 Å². The van der Waals surface area contributed by atoms with E-state index in [-0.39, 0.29) is 6.04 Å². The molecule has 0 aliphatic carbocycles.